The Balaban J connectivity index is 1.85. The van der Waals surface area contributed by atoms with Gasteiger partial charge in [-0.25, -0.2) is 4.98 Å². The van der Waals surface area contributed by atoms with Gasteiger partial charge in [-0.15, -0.1) is 0 Å². The van der Waals surface area contributed by atoms with Gasteiger partial charge in [0, 0.05) is 24.3 Å². The van der Waals surface area contributed by atoms with Crippen molar-refractivity contribution in [3.63, 3.8) is 0 Å². The fourth-order valence-corrected chi connectivity index (χ4v) is 3.77. The van der Waals surface area contributed by atoms with Gasteiger partial charge in [-0.2, -0.15) is 0 Å². The van der Waals surface area contributed by atoms with E-state index in [1.54, 1.807) is 6.07 Å². The van der Waals surface area contributed by atoms with Crippen molar-refractivity contribution in [1.82, 2.24) is 4.98 Å². The topological polar surface area (TPSA) is 42.1 Å². The minimum atomic E-state index is 0.502. The van der Waals surface area contributed by atoms with E-state index in [-0.39, 0.29) is 0 Å². The predicted octanol–water partition coefficient (Wildman–Crippen LogP) is 3.48. The Morgan fingerprint density at radius 1 is 1.17 bits per heavy atom. The Labute approximate surface area is 113 Å². The lowest BCUT2D eigenvalue weighted by molar-refractivity contribution is 0.429. The van der Waals surface area contributed by atoms with Crippen LogP contribution in [0.4, 0.5) is 11.5 Å². The summed E-state index contributed by atoms with van der Waals surface area (Å²) in [5.41, 5.74) is 6.59. The molecule has 0 amide bonds. The van der Waals surface area contributed by atoms with E-state index in [2.05, 4.69) is 9.88 Å². The molecule has 2 N–H and O–H groups in total. The largest absolute Gasteiger partial charge is 0.399 e. The highest BCUT2D eigenvalue weighted by molar-refractivity contribution is 6.29. The van der Waals surface area contributed by atoms with E-state index in [0.29, 0.717) is 16.9 Å². The van der Waals surface area contributed by atoms with E-state index in [4.69, 9.17) is 17.3 Å². The summed E-state index contributed by atoms with van der Waals surface area (Å²) in [5, 5.41) is 0.502. The molecule has 18 heavy (non-hydrogen) atoms. The van der Waals surface area contributed by atoms with Crippen LogP contribution in [0.25, 0.3) is 0 Å². The maximum Gasteiger partial charge on any atom is 0.133 e. The predicted molar refractivity (Wildman–Crippen MR) is 76.0 cm³/mol. The minimum absolute atomic E-state index is 0.502. The average Bonchev–Trinajstić information content (AvgIpc) is 2.98. The molecule has 1 aliphatic carbocycles. The summed E-state index contributed by atoms with van der Waals surface area (Å²) in [6.07, 6.45) is 8.07. The molecular formula is C14H20ClN3. The molecule has 1 unspecified atom stereocenters. The van der Waals surface area contributed by atoms with Crippen LogP contribution in [0.3, 0.4) is 0 Å². The number of pyridine rings is 1. The number of halogens is 1. The lowest BCUT2D eigenvalue weighted by Gasteiger charge is -2.30. The van der Waals surface area contributed by atoms with Gasteiger partial charge in [-0.3, -0.25) is 0 Å². The summed E-state index contributed by atoms with van der Waals surface area (Å²) >= 11 is 6.02. The lowest BCUT2D eigenvalue weighted by atomic mass is 9.96. The van der Waals surface area contributed by atoms with Gasteiger partial charge < -0.3 is 10.6 Å². The van der Waals surface area contributed by atoms with Crippen molar-refractivity contribution < 1.29 is 0 Å². The molecule has 2 fully saturated rings. The maximum absolute atomic E-state index is 6.02. The molecule has 1 saturated carbocycles. The maximum atomic E-state index is 6.02. The van der Waals surface area contributed by atoms with Gasteiger partial charge in [0.1, 0.15) is 11.0 Å². The number of nitrogen functional groups attached to an aromatic ring is 1. The normalized spacial score (nSPS) is 24.9. The Morgan fingerprint density at radius 3 is 2.67 bits per heavy atom. The van der Waals surface area contributed by atoms with Crippen LogP contribution < -0.4 is 10.6 Å². The molecule has 0 spiro atoms. The van der Waals surface area contributed by atoms with Crippen molar-refractivity contribution in [1.29, 1.82) is 0 Å². The molecule has 1 saturated heterocycles. The van der Waals surface area contributed by atoms with Crippen molar-refractivity contribution in [2.75, 3.05) is 17.2 Å². The second-order valence-electron chi connectivity index (χ2n) is 5.53. The fourth-order valence-electron chi connectivity index (χ4n) is 3.56. The number of nitrogens with zero attached hydrogens (tertiary/aromatic N) is 2. The van der Waals surface area contributed by atoms with Gasteiger partial charge in [-0.1, -0.05) is 24.4 Å². The van der Waals surface area contributed by atoms with Crippen molar-refractivity contribution >= 4 is 23.1 Å². The summed E-state index contributed by atoms with van der Waals surface area (Å²) < 4.78 is 0. The molecule has 0 radical (unpaired) electrons. The first-order valence-electron chi connectivity index (χ1n) is 6.94. The van der Waals surface area contributed by atoms with Crippen LogP contribution in [0.1, 0.15) is 38.5 Å². The lowest BCUT2D eigenvalue weighted by Crippen LogP contribution is -2.35. The van der Waals surface area contributed by atoms with Crippen molar-refractivity contribution in [3.8, 4) is 0 Å². The SMILES string of the molecule is Nc1cc(Cl)nc(N2CCCC2C2CCCC2)c1. The molecule has 1 aromatic heterocycles. The van der Waals surface area contributed by atoms with E-state index in [1.807, 2.05) is 6.07 Å². The second kappa shape index (κ2) is 4.96. The quantitative estimate of drug-likeness (QED) is 0.833. The van der Waals surface area contributed by atoms with Crippen LogP contribution >= 0.6 is 11.6 Å². The number of nitrogens with two attached hydrogens (primary N) is 1. The highest BCUT2D eigenvalue weighted by atomic mass is 35.5. The molecule has 0 bridgehead atoms. The third-order valence-electron chi connectivity index (χ3n) is 4.34. The van der Waals surface area contributed by atoms with E-state index < -0.39 is 0 Å². The van der Waals surface area contributed by atoms with Gasteiger partial charge in [-0.05, 0) is 37.7 Å². The van der Waals surface area contributed by atoms with Crippen molar-refractivity contribution in [2.45, 2.75) is 44.6 Å². The highest BCUT2D eigenvalue weighted by Crippen LogP contribution is 2.37. The monoisotopic (exact) mass is 265 g/mol. The summed E-state index contributed by atoms with van der Waals surface area (Å²) in [4.78, 5) is 6.88. The van der Waals surface area contributed by atoms with Gasteiger partial charge in [0.2, 0.25) is 0 Å². The second-order valence-corrected chi connectivity index (χ2v) is 5.92. The number of hydrogen-bond acceptors (Lipinski definition) is 3. The Morgan fingerprint density at radius 2 is 1.94 bits per heavy atom. The average molecular weight is 266 g/mol. The molecule has 2 aliphatic rings. The van der Waals surface area contributed by atoms with Crippen LogP contribution in [0, 0.1) is 5.92 Å². The molecule has 1 aliphatic heterocycles. The number of hydrogen-bond donors (Lipinski definition) is 1. The number of aromatic nitrogens is 1. The van der Waals surface area contributed by atoms with Gasteiger partial charge in [0.05, 0.1) is 0 Å². The minimum Gasteiger partial charge on any atom is -0.399 e. The van der Waals surface area contributed by atoms with Crippen LogP contribution in [0.5, 0.6) is 0 Å². The Bertz CT molecular complexity index is 409. The molecule has 3 nitrogen and oxygen atoms in total. The zero-order valence-corrected chi connectivity index (χ0v) is 11.4. The van der Waals surface area contributed by atoms with Gasteiger partial charge in [0.15, 0.2) is 0 Å². The summed E-state index contributed by atoms with van der Waals surface area (Å²) in [7, 11) is 0. The van der Waals surface area contributed by atoms with E-state index in [0.717, 1.165) is 18.3 Å². The van der Waals surface area contributed by atoms with Crippen LogP contribution in [-0.4, -0.2) is 17.6 Å². The number of anilines is 2. The third kappa shape index (κ3) is 2.28. The van der Waals surface area contributed by atoms with Crippen LogP contribution in [-0.2, 0) is 0 Å². The molecule has 3 rings (SSSR count). The van der Waals surface area contributed by atoms with E-state index in [1.165, 1.54) is 38.5 Å². The van der Waals surface area contributed by atoms with Crippen molar-refractivity contribution in [3.05, 3.63) is 17.3 Å². The molecule has 0 aromatic carbocycles. The molecule has 4 heteroatoms. The standard InChI is InChI=1S/C14H20ClN3/c15-13-8-11(16)9-14(17-13)18-7-3-6-12(18)10-4-1-2-5-10/h8-10,12H,1-7H2,(H2,16,17). The first kappa shape index (κ1) is 12.1. The van der Waals surface area contributed by atoms with E-state index in [9.17, 15) is 0 Å². The first-order valence-corrected chi connectivity index (χ1v) is 7.31. The Kier molecular flexibility index (Phi) is 3.33. The smallest absolute Gasteiger partial charge is 0.133 e. The zero-order chi connectivity index (χ0) is 12.5. The third-order valence-corrected chi connectivity index (χ3v) is 4.53. The molecular weight excluding hydrogens is 246 g/mol. The van der Waals surface area contributed by atoms with Crippen LogP contribution in [0.2, 0.25) is 5.15 Å². The highest BCUT2D eigenvalue weighted by Gasteiger charge is 2.34. The molecule has 2 heterocycles. The van der Waals surface area contributed by atoms with Crippen molar-refractivity contribution in [2.24, 2.45) is 5.92 Å². The summed E-state index contributed by atoms with van der Waals surface area (Å²) in [6, 6.07) is 4.32. The first-order chi connectivity index (χ1) is 8.74. The fraction of sp³-hybridized carbons (Fsp3) is 0.643. The molecule has 1 atom stereocenters. The Hall–Kier alpha value is -0.960. The molecule has 1 aromatic rings. The number of rotatable bonds is 2. The zero-order valence-electron chi connectivity index (χ0n) is 10.6. The molecule has 98 valence electrons. The van der Waals surface area contributed by atoms with Crippen LogP contribution in [0.15, 0.2) is 12.1 Å². The van der Waals surface area contributed by atoms with E-state index >= 15 is 0 Å². The van der Waals surface area contributed by atoms with Gasteiger partial charge >= 0.3 is 0 Å². The summed E-state index contributed by atoms with van der Waals surface area (Å²) in [5.74, 6) is 1.81. The van der Waals surface area contributed by atoms with Gasteiger partial charge in [0.25, 0.3) is 0 Å². The summed E-state index contributed by atoms with van der Waals surface area (Å²) in [6.45, 7) is 1.09.